The quantitative estimate of drug-likeness (QED) is 0.760. The summed E-state index contributed by atoms with van der Waals surface area (Å²) in [5.74, 6) is 0. The van der Waals surface area contributed by atoms with E-state index in [0.29, 0.717) is 25.9 Å². The van der Waals surface area contributed by atoms with Gasteiger partial charge in [0.1, 0.15) is 0 Å². The van der Waals surface area contributed by atoms with Crippen molar-refractivity contribution in [2.75, 3.05) is 52.5 Å². The lowest BCUT2D eigenvalue weighted by Crippen LogP contribution is -2.50. The van der Waals surface area contributed by atoms with E-state index in [4.69, 9.17) is 21.1 Å². The molecule has 0 amide bonds. The van der Waals surface area contributed by atoms with E-state index >= 15 is 0 Å². The molecule has 2 aliphatic rings. The molecule has 2 fully saturated rings. The highest BCUT2D eigenvalue weighted by Crippen LogP contribution is 2.15. The molecule has 0 unspecified atom stereocenters. The zero-order valence-electron chi connectivity index (χ0n) is 14.8. The minimum absolute atomic E-state index is 0.360. The zero-order valence-corrected chi connectivity index (χ0v) is 15.5. The van der Waals surface area contributed by atoms with Crippen molar-refractivity contribution in [3.8, 4) is 0 Å². The number of nitrogens with zero attached hydrogens (tertiary/aromatic N) is 2. The van der Waals surface area contributed by atoms with Gasteiger partial charge in [0.25, 0.3) is 0 Å². The van der Waals surface area contributed by atoms with Crippen molar-refractivity contribution in [2.24, 2.45) is 0 Å². The van der Waals surface area contributed by atoms with Crippen molar-refractivity contribution in [2.45, 2.75) is 31.7 Å². The zero-order chi connectivity index (χ0) is 17.5. The molecule has 2 aliphatic heterocycles. The highest BCUT2D eigenvalue weighted by atomic mass is 35.5. The van der Waals surface area contributed by atoms with Crippen molar-refractivity contribution in [3.63, 3.8) is 0 Å². The van der Waals surface area contributed by atoms with Crippen LogP contribution in [0, 0.1) is 0 Å². The third-order valence-corrected chi connectivity index (χ3v) is 5.16. The summed E-state index contributed by atoms with van der Waals surface area (Å²) in [6, 6.07) is 7.60. The molecule has 25 heavy (non-hydrogen) atoms. The Kier molecular flexibility index (Phi) is 7.52. The van der Waals surface area contributed by atoms with Gasteiger partial charge in [-0.3, -0.25) is 9.80 Å². The SMILES string of the molecule is O[C@@H](COCc1ccc(Cl)cc1)CN1CCN(C[C@H]2CCCO2)CC1. The van der Waals surface area contributed by atoms with Gasteiger partial charge in [-0.05, 0) is 30.5 Å². The van der Waals surface area contributed by atoms with Gasteiger partial charge in [0, 0.05) is 50.9 Å². The number of hydrogen-bond acceptors (Lipinski definition) is 5. The lowest BCUT2D eigenvalue weighted by molar-refractivity contribution is -0.00344. The smallest absolute Gasteiger partial charge is 0.0900 e. The minimum Gasteiger partial charge on any atom is -0.389 e. The van der Waals surface area contributed by atoms with E-state index in [2.05, 4.69) is 9.80 Å². The van der Waals surface area contributed by atoms with Crippen molar-refractivity contribution in [1.29, 1.82) is 0 Å². The van der Waals surface area contributed by atoms with Crippen LogP contribution in [0.15, 0.2) is 24.3 Å². The van der Waals surface area contributed by atoms with E-state index in [-0.39, 0.29) is 0 Å². The highest BCUT2D eigenvalue weighted by molar-refractivity contribution is 6.30. The molecule has 1 aromatic rings. The Hall–Kier alpha value is -0.690. The van der Waals surface area contributed by atoms with E-state index in [1.165, 1.54) is 12.8 Å². The van der Waals surface area contributed by atoms with Crippen molar-refractivity contribution in [3.05, 3.63) is 34.9 Å². The summed E-state index contributed by atoms with van der Waals surface area (Å²) in [5.41, 5.74) is 1.07. The molecule has 0 spiro atoms. The molecular weight excluding hydrogens is 340 g/mol. The van der Waals surface area contributed by atoms with Crippen LogP contribution in [0.3, 0.4) is 0 Å². The normalized spacial score (nSPS) is 23.8. The first kappa shape index (κ1) is 19.1. The van der Waals surface area contributed by atoms with Crippen molar-refractivity contribution >= 4 is 11.6 Å². The third-order valence-electron chi connectivity index (χ3n) is 4.91. The molecule has 0 saturated carbocycles. The number of hydrogen-bond donors (Lipinski definition) is 1. The summed E-state index contributed by atoms with van der Waals surface area (Å²) < 4.78 is 11.3. The van der Waals surface area contributed by atoms with E-state index in [0.717, 1.165) is 49.9 Å². The molecule has 3 rings (SSSR count). The molecule has 2 saturated heterocycles. The number of aliphatic hydroxyl groups excluding tert-OH is 1. The molecule has 1 N–H and O–H groups in total. The average Bonchev–Trinajstić information content (AvgIpc) is 3.11. The van der Waals surface area contributed by atoms with Crippen molar-refractivity contribution in [1.82, 2.24) is 9.80 Å². The maximum absolute atomic E-state index is 10.2. The second kappa shape index (κ2) is 9.86. The van der Waals surface area contributed by atoms with E-state index in [1.807, 2.05) is 24.3 Å². The summed E-state index contributed by atoms with van der Waals surface area (Å²) in [6.45, 7) is 7.63. The van der Waals surface area contributed by atoms with Gasteiger partial charge >= 0.3 is 0 Å². The topological polar surface area (TPSA) is 45.2 Å². The van der Waals surface area contributed by atoms with Gasteiger partial charge in [-0.25, -0.2) is 0 Å². The fourth-order valence-electron chi connectivity index (χ4n) is 3.47. The van der Waals surface area contributed by atoms with Gasteiger partial charge in [0.15, 0.2) is 0 Å². The number of β-amino-alcohol motifs (C(OH)–C–C–N with tert-alkyl or cyclic N) is 1. The molecule has 2 heterocycles. The maximum Gasteiger partial charge on any atom is 0.0900 e. The first-order chi connectivity index (χ1) is 12.2. The molecule has 140 valence electrons. The van der Waals surface area contributed by atoms with Gasteiger partial charge in [-0.15, -0.1) is 0 Å². The number of ether oxygens (including phenoxy) is 2. The van der Waals surface area contributed by atoms with Crippen LogP contribution in [-0.2, 0) is 16.1 Å². The van der Waals surface area contributed by atoms with Gasteiger partial charge in [0.05, 0.1) is 25.4 Å². The largest absolute Gasteiger partial charge is 0.389 e. The molecule has 5 nitrogen and oxygen atoms in total. The Labute approximate surface area is 155 Å². The fraction of sp³-hybridized carbons (Fsp3) is 0.684. The van der Waals surface area contributed by atoms with Crippen LogP contribution >= 0.6 is 11.6 Å². The summed E-state index contributed by atoms with van der Waals surface area (Å²) in [6.07, 6.45) is 2.38. The second-order valence-electron chi connectivity index (χ2n) is 7.03. The van der Waals surface area contributed by atoms with Crippen LogP contribution in [-0.4, -0.2) is 79.6 Å². The molecule has 6 heteroatoms. The lowest BCUT2D eigenvalue weighted by atomic mass is 10.2. The first-order valence-corrected chi connectivity index (χ1v) is 9.63. The molecule has 2 atom stereocenters. The number of rotatable bonds is 8. The van der Waals surface area contributed by atoms with E-state index < -0.39 is 6.10 Å². The number of piperazine rings is 1. The van der Waals surface area contributed by atoms with Crippen LogP contribution in [0.2, 0.25) is 5.02 Å². The van der Waals surface area contributed by atoms with Crippen LogP contribution in [0.1, 0.15) is 18.4 Å². The second-order valence-corrected chi connectivity index (χ2v) is 7.47. The van der Waals surface area contributed by atoms with Gasteiger partial charge in [-0.1, -0.05) is 23.7 Å². The molecular formula is C19H29ClN2O3. The van der Waals surface area contributed by atoms with Crippen LogP contribution in [0.25, 0.3) is 0 Å². The Balaban J connectivity index is 1.28. The molecule has 0 radical (unpaired) electrons. The number of halogens is 1. The monoisotopic (exact) mass is 368 g/mol. The summed E-state index contributed by atoms with van der Waals surface area (Å²) in [5, 5.41) is 10.9. The number of benzene rings is 1. The average molecular weight is 369 g/mol. The van der Waals surface area contributed by atoms with E-state index in [1.54, 1.807) is 0 Å². The third kappa shape index (κ3) is 6.51. The fourth-order valence-corrected chi connectivity index (χ4v) is 3.60. The summed E-state index contributed by atoms with van der Waals surface area (Å²) in [4.78, 5) is 4.80. The summed E-state index contributed by atoms with van der Waals surface area (Å²) >= 11 is 5.87. The Morgan fingerprint density at radius 3 is 2.56 bits per heavy atom. The molecule has 0 aromatic heterocycles. The Morgan fingerprint density at radius 2 is 1.88 bits per heavy atom. The van der Waals surface area contributed by atoms with Crippen LogP contribution in [0.5, 0.6) is 0 Å². The predicted molar refractivity (Wildman–Crippen MR) is 99.0 cm³/mol. The maximum atomic E-state index is 10.2. The van der Waals surface area contributed by atoms with Crippen LogP contribution in [0.4, 0.5) is 0 Å². The van der Waals surface area contributed by atoms with E-state index in [9.17, 15) is 5.11 Å². The number of aliphatic hydroxyl groups is 1. The highest BCUT2D eigenvalue weighted by Gasteiger charge is 2.23. The molecule has 0 bridgehead atoms. The van der Waals surface area contributed by atoms with Gasteiger partial charge in [0.2, 0.25) is 0 Å². The van der Waals surface area contributed by atoms with Gasteiger partial charge in [-0.2, -0.15) is 0 Å². The Bertz CT molecular complexity index is 500. The standard InChI is InChI=1S/C19H29ClN2O3/c20-17-5-3-16(4-6-17)14-24-15-18(23)12-21-7-9-22(10-8-21)13-19-2-1-11-25-19/h3-6,18-19,23H,1-2,7-15H2/t18-,19-/m1/s1. The Morgan fingerprint density at radius 1 is 1.16 bits per heavy atom. The first-order valence-electron chi connectivity index (χ1n) is 9.25. The molecule has 1 aromatic carbocycles. The van der Waals surface area contributed by atoms with Crippen LogP contribution < -0.4 is 0 Å². The molecule has 0 aliphatic carbocycles. The van der Waals surface area contributed by atoms with Crippen molar-refractivity contribution < 1.29 is 14.6 Å². The minimum atomic E-state index is -0.447. The summed E-state index contributed by atoms with van der Waals surface area (Å²) in [7, 11) is 0. The predicted octanol–water partition coefficient (Wildman–Crippen LogP) is 2.01. The lowest BCUT2D eigenvalue weighted by Gasteiger charge is -2.36. The van der Waals surface area contributed by atoms with Gasteiger partial charge < -0.3 is 14.6 Å².